The lowest BCUT2D eigenvalue weighted by molar-refractivity contribution is 0.745. The molecule has 3 heteroatoms. The molecule has 2 heterocycles. The predicted molar refractivity (Wildman–Crippen MR) is 69.9 cm³/mol. The van der Waals surface area contributed by atoms with Gasteiger partial charge in [-0.3, -0.25) is 0 Å². The van der Waals surface area contributed by atoms with Crippen molar-refractivity contribution in [3.8, 4) is 0 Å². The van der Waals surface area contributed by atoms with Crippen molar-refractivity contribution in [1.29, 1.82) is 0 Å². The third-order valence-corrected chi connectivity index (χ3v) is 4.11. The summed E-state index contributed by atoms with van der Waals surface area (Å²) in [6.45, 7) is 2.06. The summed E-state index contributed by atoms with van der Waals surface area (Å²) in [4.78, 5) is 3.90. The van der Waals surface area contributed by atoms with E-state index in [0.717, 1.165) is 25.2 Å². The zero-order valence-corrected chi connectivity index (χ0v) is 9.83. The number of hydrogen-bond donors (Lipinski definition) is 1. The number of benzene rings is 1. The van der Waals surface area contributed by atoms with E-state index in [1.165, 1.54) is 16.1 Å². The van der Waals surface area contributed by atoms with Crippen LogP contribution >= 0.6 is 11.3 Å². The summed E-state index contributed by atoms with van der Waals surface area (Å²) in [7, 11) is 0. The number of hydrogen-bond acceptors (Lipinski definition) is 3. The molecule has 0 saturated carbocycles. The van der Waals surface area contributed by atoms with Crippen LogP contribution in [0.1, 0.15) is 10.4 Å². The highest BCUT2D eigenvalue weighted by atomic mass is 32.1. The number of nitrogens with zero attached hydrogens (tertiary/aromatic N) is 1. The maximum atomic E-state index is 6.01. The SMILES string of the molecule is Nc1ccccc1N1CCc2sccc2C1. The van der Waals surface area contributed by atoms with Gasteiger partial charge in [0.15, 0.2) is 0 Å². The summed E-state index contributed by atoms with van der Waals surface area (Å²) in [5.74, 6) is 0. The number of rotatable bonds is 1. The molecular formula is C13H14N2S. The van der Waals surface area contributed by atoms with Crippen molar-refractivity contribution in [2.75, 3.05) is 17.2 Å². The summed E-state index contributed by atoms with van der Waals surface area (Å²) >= 11 is 1.87. The maximum absolute atomic E-state index is 6.01. The van der Waals surface area contributed by atoms with E-state index in [0.29, 0.717) is 0 Å². The Hall–Kier alpha value is -1.48. The molecule has 82 valence electrons. The molecule has 1 aliphatic rings. The Morgan fingerprint density at radius 1 is 1.19 bits per heavy atom. The van der Waals surface area contributed by atoms with Crippen LogP contribution in [0.2, 0.25) is 0 Å². The molecule has 1 aliphatic heterocycles. The fraction of sp³-hybridized carbons (Fsp3) is 0.231. The van der Waals surface area contributed by atoms with E-state index in [4.69, 9.17) is 5.73 Å². The molecule has 0 aliphatic carbocycles. The van der Waals surface area contributed by atoms with Crippen molar-refractivity contribution in [1.82, 2.24) is 0 Å². The Bertz CT molecular complexity index is 504. The van der Waals surface area contributed by atoms with Gasteiger partial charge in [0.2, 0.25) is 0 Å². The van der Waals surface area contributed by atoms with Crippen LogP contribution in [0.5, 0.6) is 0 Å². The molecule has 16 heavy (non-hydrogen) atoms. The molecule has 2 nitrogen and oxygen atoms in total. The molecule has 0 unspecified atom stereocenters. The van der Waals surface area contributed by atoms with E-state index in [1.807, 2.05) is 23.5 Å². The molecule has 0 amide bonds. The predicted octanol–water partition coefficient (Wildman–Crippen LogP) is 2.89. The van der Waals surface area contributed by atoms with Crippen LogP contribution in [0.3, 0.4) is 0 Å². The molecule has 0 atom stereocenters. The minimum Gasteiger partial charge on any atom is -0.397 e. The average molecular weight is 230 g/mol. The van der Waals surface area contributed by atoms with Gasteiger partial charge < -0.3 is 10.6 Å². The van der Waals surface area contributed by atoms with Crippen molar-refractivity contribution in [3.05, 3.63) is 46.2 Å². The first-order valence-electron chi connectivity index (χ1n) is 5.49. The molecule has 1 aromatic carbocycles. The number of para-hydroxylation sites is 2. The van der Waals surface area contributed by atoms with Gasteiger partial charge in [0.05, 0.1) is 11.4 Å². The van der Waals surface area contributed by atoms with Gasteiger partial charge in [0.25, 0.3) is 0 Å². The van der Waals surface area contributed by atoms with Gasteiger partial charge in [-0.05, 0) is 35.6 Å². The smallest absolute Gasteiger partial charge is 0.0603 e. The van der Waals surface area contributed by atoms with Crippen LogP contribution in [0.4, 0.5) is 11.4 Å². The zero-order chi connectivity index (χ0) is 11.0. The fourth-order valence-electron chi connectivity index (χ4n) is 2.23. The van der Waals surface area contributed by atoms with Gasteiger partial charge in [0.1, 0.15) is 0 Å². The first kappa shape index (κ1) is 9.73. The summed E-state index contributed by atoms with van der Waals surface area (Å²) in [5.41, 5.74) is 9.51. The second-order valence-electron chi connectivity index (χ2n) is 4.10. The van der Waals surface area contributed by atoms with E-state index in [2.05, 4.69) is 28.5 Å². The third kappa shape index (κ3) is 1.57. The molecule has 2 aromatic rings. The van der Waals surface area contributed by atoms with Crippen molar-refractivity contribution >= 4 is 22.7 Å². The Balaban J connectivity index is 1.92. The fourth-order valence-corrected chi connectivity index (χ4v) is 3.12. The second kappa shape index (κ2) is 3.83. The zero-order valence-electron chi connectivity index (χ0n) is 9.02. The summed E-state index contributed by atoms with van der Waals surface area (Å²) in [6, 6.07) is 10.3. The molecule has 2 N–H and O–H groups in total. The highest BCUT2D eigenvalue weighted by Crippen LogP contribution is 2.30. The van der Waals surface area contributed by atoms with E-state index in [1.54, 1.807) is 0 Å². The minimum atomic E-state index is 0.876. The third-order valence-electron chi connectivity index (χ3n) is 3.09. The number of thiophene rings is 1. The molecule has 0 spiro atoms. The van der Waals surface area contributed by atoms with E-state index >= 15 is 0 Å². The van der Waals surface area contributed by atoms with E-state index in [-0.39, 0.29) is 0 Å². The van der Waals surface area contributed by atoms with Crippen molar-refractivity contribution in [2.45, 2.75) is 13.0 Å². The Labute approximate surface area is 99.3 Å². The maximum Gasteiger partial charge on any atom is 0.0603 e. The van der Waals surface area contributed by atoms with Crippen LogP contribution < -0.4 is 10.6 Å². The van der Waals surface area contributed by atoms with Crippen LogP contribution in [0, 0.1) is 0 Å². The number of nitrogens with two attached hydrogens (primary N) is 1. The van der Waals surface area contributed by atoms with Crippen LogP contribution in [0.25, 0.3) is 0 Å². The lowest BCUT2D eigenvalue weighted by atomic mass is 10.1. The molecule has 3 rings (SSSR count). The largest absolute Gasteiger partial charge is 0.397 e. The van der Waals surface area contributed by atoms with Crippen molar-refractivity contribution in [3.63, 3.8) is 0 Å². The summed E-state index contributed by atoms with van der Waals surface area (Å²) in [5, 5.41) is 2.18. The van der Waals surface area contributed by atoms with Crippen molar-refractivity contribution in [2.24, 2.45) is 0 Å². The molecular weight excluding hydrogens is 216 g/mol. The van der Waals surface area contributed by atoms with Gasteiger partial charge in [-0.1, -0.05) is 12.1 Å². The van der Waals surface area contributed by atoms with Crippen molar-refractivity contribution < 1.29 is 0 Å². The highest BCUT2D eigenvalue weighted by molar-refractivity contribution is 7.10. The Morgan fingerprint density at radius 3 is 2.94 bits per heavy atom. The Kier molecular flexibility index (Phi) is 2.33. The lowest BCUT2D eigenvalue weighted by Gasteiger charge is -2.29. The minimum absolute atomic E-state index is 0.876. The van der Waals surface area contributed by atoms with Gasteiger partial charge >= 0.3 is 0 Å². The summed E-state index contributed by atoms with van der Waals surface area (Å²) in [6.07, 6.45) is 1.14. The first-order chi connectivity index (χ1) is 7.84. The van der Waals surface area contributed by atoms with E-state index in [9.17, 15) is 0 Å². The van der Waals surface area contributed by atoms with Crippen LogP contribution in [0.15, 0.2) is 35.7 Å². The van der Waals surface area contributed by atoms with Crippen LogP contribution in [-0.2, 0) is 13.0 Å². The lowest BCUT2D eigenvalue weighted by Crippen LogP contribution is -2.29. The first-order valence-corrected chi connectivity index (χ1v) is 6.37. The van der Waals surface area contributed by atoms with Gasteiger partial charge in [-0.25, -0.2) is 0 Å². The summed E-state index contributed by atoms with van der Waals surface area (Å²) < 4.78 is 0. The molecule has 0 saturated heterocycles. The van der Waals surface area contributed by atoms with Gasteiger partial charge in [-0.15, -0.1) is 11.3 Å². The molecule has 0 bridgehead atoms. The standard InChI is InChI=1S/C13H14N2S/c14-11-3-1-2-4-12(11)15-7-5-13-10(9-15)6-8-16-13/h1-4,6,8H,5,7,9,14H2. The van der Waals surface area contributed by atoms with Gasteiger partial charge in [-0.2, -0.15) is 0 Å². The molecule has 1 aromatic heterocycles. The normalized spacial score (nSPS) is 14.9. The number of anilines is 2. The van der Waals surface area contributed by atoms with E-state index < -0.39 is 0 Å². The molecule has 0 radical (unpaired) electrons. The highest BCUT2D eigenvalue weighted by Gasteiger charge is 2.18. The number of fused-ring (bicyclic) bond motifs is 1. The molecule has 0 fully saturated rings. The quantitative estimate of drug-likeness (QED) is 0.763. The average Bonchev–Trinajstić information content (AvgIpc) is 2.76. The number of nitrogen functional groups attached to an aromatic ring is 1. The second-order valence-corrected chi connectivity index (χ2v) is 5.10. The topological polar surface area (TPSA) is 29.3 Å². The Morgan fingerprint density at radius 2 is 2.06 bits per heavy atom. The van der Waals surface area contributed by atoms with Gasteiger partial charge in [0, 0.05) is 18.0 Å². The monoisotopic (exact) mass is 230 g/mol. The van der Waals surface area contributed by atoms with Crippen LogP contribution in [-0.4, -0.2) is 6.54 Å².